The molecule has 4 fully saturated rings. The number of aromatic nitrogens is 2. The lowest BCUT2D eigenvalue weighted by Crippen LogP contribution is -2.44. The molecule has 0 spiro atoms. The molecular formula is C63H68N2. The van der Waals surface area contributed by atoms with Crippen LogP contribution in [0.2, 0.25) is 0 Å². The summed E-state index contributed by atoms with van der Waals surface area (Å²) in [7, 11) is 0. The average Bonchev–Trinajstić information content (AvgIpc) is 3.93. The van der Waals surface area contributed by atoms with Crippen LogP contribution in [0.3, 0.4) is 0 Å². The Bertz CT molecular complexity index is 2570. The van der Waals surface area contributed by atoms with Gasteiger partial charge in [0.25, 0.3) is 0 Å². The van der Waals surface area contributed by atoms with Crippen LogP contribution < -0.4 is 0 Å². The second-order valence-electron chi connectivity index (χ2n) is 22.5. The number of nitrogens with zero attached hydrogens (tertiary/aromatic N) is 2. The van der Waals surface area contributed by atoms with Gasteiger partial charge in [-0.1, -0.05) is 176 Å². The highest BCUT2D eigenvalue weighted by Crippen LogP contribution is 2.64. The zero-order chi connectivity index (χ0) is 43.3. The van der Waals surface area contributed by atoms with Crippen LogP contribution >= 0.6 is 0 Å². The molecule has 0 aliphatic heterocycles. The van der Waals surface area contributed by atoms with Crippen LogP contribution in [-0.2, 0) is 16.2 Å². The third kappa shape index (κ3) is 5.89. The van der Waals surface area contributed by atoms with Gasteiger partial charge in [0.2, 0.25) is 0 Å². The van der Waals surface area contributed by atoms with Crippen LogP contribution in [0.15, 0.2) is 109 Å². The maximum absolute atomic E-state index is 5.73. The largest absolute Gasteiger partial charge is 0.247 e. The first kappa shape index (κ1) is 40.5. The molecule has 0 bridgehead atoms. The van der Waals surface area contributed by atoms with E-state index in [1.165, 1.54) is 184 Å². The first-order valence-electron chi connectivity index (χ1n) is 26.5. The lowest BCUT2D eigenvalue weighted by atomic mass is 9.55. The van der Waals surface area contributed by atoms with Crippen molar-refractivity contribution in [1.29, 1.82) is 0 Å². The van der Waals surface area contributed by atoms with E-state index in [2.05, 4.69) is 123 Å². The topological polar surface area (TPSA) is 25.8 Å². The summed E-state index contributed by atoms with van der Waals surface area (Å²) >= 11 is 0. The molecule has 2 aromatic heterocycles. The summed E-state index contributed by atoms with van der Waals surface area (Å²) in [5.41, 5.74) is 21.9. The SMILES string of the molecule is CC1(C)c2cc(-c3ccc4c(n3)-c3ccccc3C4(C3CCCCC3)C3CCCCC3)ccc2-c2ccc(-c3ccc4c(n3)-c3ccccc3C4(C3CCCCC3)C3CCCCC3)cc21. The number of rotatable bonds is 6. The molecule has 2 heterocycles. The van der Waals surface area contributed by atoms with Crippen molar-refractivity contribution in [1.82, 2.24) is 9.97 Å². The summed E-state index contributed by atoms with van der Waals surface area (Å²) in [5, 5.41) is 0. The molecular weight excluding hydrogens is 785 g/mol. The number of benzene rings is 4. The standard InChI is InChI=1S/C63H68N2/c1-61(2)55-39-41(57-37-35-53-59(64-57)49-27-15-17-29-51(49)62(53,43-19-7-3-8-20-43)44-21-9-4-10-22-44)31-33-47(55)48-34-32-42(40-56(48)61)58-38-36-54-60(65-58)50-28-16-18-30-52(50)63(54,45-23-11-5-12-24-45)46-25-13-6-14-26-46/h15-18,27-40,43-46H,3-14,19-26H2,1-2H3. The molecule has 7 aliphatic carbocycles. The Hall–Kier alpha value is -4.82. The summed E-state index contributed by atoms with van der Waals surface area (Å²) in [5.74, 6) is 2.83. The molecule has 4 saturated carbocycles. The fourth-order valence-electron chi connectivity index (χ4n) is 16.4. The quantitative estimate of drug-likeness (QED) is 0.167. The Morgan fingerprint density at radius 1 is 0.338 bits per heavy atom. The Morgan fingerprint density at radius 3 is 1.06 bits per heavy atom. The van der Waals surface area contributed by atoms with Gasteiger partial charge in [-0.05, 0) is 144 Å². The predicted molar refractivity (Wildman–Crippen MR) is 269 cm³/mol. The molecule has 0 unspecified atom stereocenters. The summed E-state index contributed by atoms with van der Waals surface area (Å²) in [6.45, 7) is 4.88. The van der Waals surface area contributed by atoms with Gasteiger partial charge in [-0.15, -0.1) is 0 Å². The van der Waals surface area contributed by atoms with Crippen LogP contribution in [0.4, 0.5) is 0 Å². The maximum atomic E-state index is 5.73. The molecule has 0 atom stereocenters. The van der Waals surface area contributed by atoms with Gasteiger partial charge in [0.05, 0.1) is 22.8 Å². The van der Waals surface area contributed by atoms with Crippen molar-refractivity contribution in [3.63, 3.8) is 0 Å². The first-order chi connectivity index (χ1) is 32.0. The third-order valence-corrected chi connectivity index (χ3v) is 19.2. The number of pyridine rings is 2. The maximum Gasteiger partial charge on any atom is 0.0753 e. The minimum atomic E-state index is -0.155. The third-order valence-electron chi connectivity index (χ3n) is 19.2. The molecule has 4 aromatic carbocycles. The minimum absolute atomic E-state index is 0.0997. The van der Waals surface area contributed by atoms with Crippen LogP contribution in [0.25, 0.3) is 56.2 Å². The second kappa shape index (κ2) is 15.6. The van der Waals surface area contributed by atoms with Crippen LogP contribution in [0, 0.1) is 23.7 Å². The minimum Gasteiger partial charge on any atom is -0.247 e. The smallest absolute Gasteiger partial charge is 0.0753 e. The Kier molecular flexibility index (Phi) is 9.73. The monoisotopic (exact) mass is 853 g/mol. The van der Waals surface area contributed by atoms with Crippen molar-refractivity contribution >= 4 is 0 Å². The summed E-state index contributed by atoms with van der Waals surface area (Å²) in [4.78, 5) is 11.5. The molecule has 2 heteroatoms. The molecule has 65 heavy (non-hydrogen) atoms. The first-order valence-corrected chi connectivity index (χ1v) is 26.5. The Labute approximate surface area is 389 Å². The van der Waals surface area contributed by atoms with Gasteiger partial charge in [0, 0.05) is 38.5 Å². The van der Waals surface area contributed by atoms with Gasteiger partial charge in [-0.2, -0.15) is 0 Å². The van der Waals surface area contributed by atoms with E-state index in [1.54, 1.807) is 22.3 Å². The van der Waals surface area contributed by atoms with E-state index in [-0.39, 0.29) is 16.2 Å². The zero-order valence-corrected chi connectivity index (χ0v) is 39.2. The normalized spacial score (nSPS) is 22.1. The van der Waals surface area contributed by atoms with Crippen molar-refractivity contribution in [2.75, 3.05) is 0 Å². The molecule has 2 nitrogen and oxygen atoms in total. The highest BCUT2D eigenvalue weighted by molar-refractivity contribution is 5.87. The lowest BCUT2D eigenvalue weighted by molar-refractivity contribution is 0.137. The fourth-order valence-corrected chi connectivity index (χ4v) is 16.4. The van der Waals surface area contributed by atoms with Gasteiger partial charge >= 0.3 is 0 Å². The summed E-state index contributed by atoms with van der Waals surface area (Å²) in [6.07, 6.45) is 27.4. The van der Waals surface area contributed by atoms with E-state index in [0.29, 0.717) is 23.7 Å². The van der Waals surface area contributed by atoms with Gasteiger partial charge in [-0.3, -0.25) is 0 Å². The zero-order valence-electron chi connectivity index (χ0n) is 39.2. The van der Waals surface area contributed by atoms with Crippen molar-refractivity contribution < 1.29 is 0 Å². The number of fused-ring (bicyclic) bond motifs is 9. The Balaban J connectivity index is 0.866. The highest BCUT2D eigenvalue weighted by Gasteiger charge is 2.55. The number of hydrogen-bond donors (Lipinski definition) is 0. The molecule has 330 valence electrons. The Morgan fingerprint density at radius 2 is 0.692 bits per heavy atom. The average molecular weight is 853 g/mol. The van der Waals surface area contributed by atoms with Gasteiger partial charge in [0.15, 0.2) is 0 Å². The van der Waals surface area contributed by atoms with Crippen LogP contribution in [-0.4, -0.2) is 9.97 Å². The molecule has 0 saturated heterocycles. The van der Waals surface area contributed by atoms with E-state index in [9.17, 15) is 0 Å². The van der Waals surface area contributed by atoms with Crippen LogP contribution in [0.1, 0.15) is 176 Å². The van der Waals surface area contributed by atoms with Gasteiger partial charge < -0.3 is 0 Å². The van der Waals surface area contributed by atoms with Gasteiger partial charge in [0.1, 0.15) is 0 Å². The summed E-state index contributed by atoms with van der Waals surface area (Å²) in [6, 6.07) is 43.3. The molecule has 0 N–H and O–H groups in total. The number of hydrogen-bond acceptors (Lipinski definition) is 2. The fraction of sp³-hybridized carbons (Fsp3) is 0.460. The highest BCUT2D eigenvalue weighted by atomic mass is 14.8. The van der Waals surface area contributed by atoms with E-state index in [4.69, 9.17) is 9.97 Å². The van der Waals surface area contributed by atoms with Crippen molar-refractivity contribution in [3.8, 4) is 56.2 Å². The molecule has 7 aliphatic rings. The van der Waals surface area contributed by atoms with Crippen molar-refractivity contribution in [3.05, 3.63) is 143 Å². The molecule has 0 radical (unpaired) electrons. The van der Waals surface area contributed by atoms with E-state index in [1.807, 2.05) is 0 Å². The van der Waals surface area contributed by atoms with E-state index in [0.717, 1.165) is 11.4 Å². The van der Waals surface area contributed by atoms with E-state index >= 15 is 0 Å². The molecule has 6 aromatic rings. The predicted octanol–water partition coefficient (Wildman–Crippen LogP) is 17.0. The molecule has 13 rings (SSSR count). The van der Waals surface area contributed by atoms with Gasteiger partial charge in [-0.25, -0.2) is 9.97 Å². The lowest BCUT2D eigenvalue weighted by Gasteiger charge is -2.48. The molecule has 0 amide bonds. The van der Waals surface area contributed by atoms with Crippen molar-refractivity contribution in [2.45, 2.75) is 159 Å². The van der Waals surface area contributed by atoms with Crippen LogP contribution in [0.5, 0.6) is 0 Å². The van der Waals surface area contributed by atoms with Crippen molar-refractivity contribution in [2.24, 2.45) is 23.7 Å². The summed E-state index contributed by atoms with van der Waals surface area (Å²) < 4.78 is 0. The second-order valence-corrected chi connectivity index (χ2v) is 22.5. The van der Waals surface area contributed by atoms with E-state index < -0.39 is 0 Å².